The molecule has 1 aromatic carbocycles. The number of hydrogen-bond acceptors (Lipinski definition) is 9. The van der Waals surface area contributed by atoms with Crippen LogP contribution in [0.3, 0.4) is 0 Å². The molecule has 0 radical (unpaired) electrons. The Bertz CT molecular complexity index is 950. The third-order valence-electron chi connectivity index (χ3n) is 5.15. The molecular formula is C20H27N7O3. The van der Waals surface area contributed by atoms with Crippen molar-refractivity contribution in [2.45, 2.75) is 13.0 Å². The second-order valence-corrected chi connectivity index (χ2v) is 7.06. The third-order valence-corrected chi connectivity index (χ3v) is 5.15. The van der Waals surface area contributed by atoms with Crippen LogP contribution in [-0.4, -0.2) is 83.5 Å². The zero-order chi connectivity index (χ0) is 20.8. The van der Waals surface area contributed by atoms with E-state index in [0.717, 1.165) is 62.9 Å². The topological polar surface area (TPSA) is 99.5 Å². The lowest BCUT2D eigenvalue weighted by Gasteiger charge is -2.26. The van der Waals surface area contributed by atoms with Gasteiger partial charge in [-0.3, -0.25) is 4.90 Å². The maximum atomic E-state index is 5.39. The maximum Gasteiger partial charge on any atom is 0.183 e. The summed E-state index contributed by atoms with van der Waals surface area (Å²) in [5, 5.41) is 12.0. The maximum absolute atomic E-state index is 5.39. The minimum absolute atomic E-state index is 0.636. The predicted molar refractivity (Wildman–Crippen MR) is 112 cm³/mol. The molecule has 3 heterocycles. The Hall–Kier alpha value is -2.98. The largest absolute Gasteiger partial charge is 0.497 e. The fourth-order valence-corrected chi connectivity index (χ4v) is 3.47. The van der Waals surface area contributed by atoms with Crippen molar-refractivity contribution in [2.75, 3.05) is 58.9 Å². The number of ether oxygens (including phenoxy) is 3. The van der Waals surface area contributed by atoms with E-state index in [1.807, 2.05) is 18.2 Å². The molecule has 2 aromatic heterocycles. The lowest BCUT2D eigenvalue weighted by atomic mass is 10.1. The number of benzene rings is 1. The molecule has 1 aliphatic heterocycles. The summed E-state index contributed by atoms with van der Waals surface area (Å²) >= 11 is 0. The van der Waals surface area contributed by atoms with Gasteiger partial charge in [0, 0.05) is 38.8 Å². The predicted octanol–water partition coefficient (Wildman–Crippen LogP) is 1.23. The number of aromatic nitrogens is 5. The normalized spacial score (nSPS) is 14.7. The van der Waals surface area contributed by atoms with Crippen molar-refractivity contribution < 1.29 is 14.2 Å². The van der Waals surface area contributed by atoms with Gasteiger partial charge in [0.25, 0.3) is 0 Å². The van der Waals surface area contributed by atoms with Crippen LogP contribution in [0.2, 0.25) is 0 Å². The molecule has 3 aromatic rings. The molecule has 10 heteroatoms. The zero-order valence-electron chi connectivity index (χ0n) is 17.4. The van der Waals surface area contributed by atoms with Gasteiger partial charge >= 0.3 is 0 Å². The molecule has 0 unspecified atom stereocenters. The summed E-state index contributed by atoms with van der Waals surface area (Å²) in [5.41, 5.74) is 2.49. The number of nitrogens with one attached hydrogen (secondary N) is 1. The number of rotatable bonds is 9. The molecule has 4 rings (SSSR count). The third kappa shape index (κ3) is 4.77. The van der Waals surface area contributed by atoms with E-state index in [2.05, 4.69) is 30.5 Å². The van der Waals surface area contributed by atoms with Crippen LogP contribution in [0.1, 0.15) is 5.56 Å². The molecular weight excluding hydrogens is 386 g/mol. The average molecular weight is 413 g/mol. The Morgan fingerprint density at radius 2 is 1.80 bits per heavy atom. The van der Waals surface area contributed by atoms with E-state index in [1.165, 1.54) is 0 Å². The molecule has 0 atom stereocenters. The molecule has 0 bridgehead atoms. The number of hydrogen-bond donors (Lipinski definition) is 1. The van der Waals surface area contributed by atoms with Gasteiger partial charge in [-0.25, -0.2) is 14.6 Å². The van der Waals surface area contributed by atoms with Gasteiger partial charge in [-0.1, -0.05) is 5.21 Å². The number of morpholine rings is 1. The van der Waals surface area contributed by atoms with Crippen molar-refractivity contribution in [2.24, 2.45) is 0 Å². The van der Waals surface area contributed by atoms with E-state index in [4.69, 9.17) is 14.2 Å². The minimum atomic E-state index is 0.636. The van der Waals surface area contributed by atoms with Crippen LogP contribution in [-0.2, 0) is 17.7 Å². The number of fused-ring (bicyclic) bond motifs is 1. The first kappa shape index (κ1) is 20.3. The van der Waals surface area contributed by atoms with Gasteiger partial charge in [-0.2, -0.15) is 0 Å². The van der Waals surface area contributed by atoms with Crippen molar-refractivity contribution in [3.8, 4) is 11.5 Å². The zero-order valence-corrected chi connectivity index (χ0v) is 17.4. The van der Waals surface area contributed by atoms with E-state index in [0.29, 0.717) is 23.5 Å². The monoisotopic (exact) mass is 413 g/mol. The van der Waals surface area contributed by atoms with Gasteiger partial charge in [0.15, 0.2) is 17.0 Å². The summed E-state index contributed by atoms with van der Waals surface area (Å²) in [5.74, 6) is 2.24. The summed E-state index contributed by atoms with van der Waals surface area (Å²) in [6.45, 7) is 5.87. The molecule has 10 nitrogen and oxygen atoms in total. The summed E-state index contributed by atoms with van der Waals surface area (Å²) in [6.07, 6.45) is 2.30. The standard InChI is InChI=1S/C20H27N7O3/c1-28-16-11-15(12-17(13-16)29-2)3-5-27-20-18(24-25-27)19(22-14-23-20)21-4-6-26-7-9-30-10-8-26/h11-14H,3-10H2,1-2H3,(H,21,22,23). The first-order valence-corrected chi connectivity index (χ1v) is 10.1. The van der Waals surface area contributed by atoms with E-state index in [-0.39, 0.29) is 0 Å². The SMILES string of the molecule is COc1cc(CCn2nnc3c(NCCN4CCOCC4)ncnc32)cc(OC)c1. The Morgan fingerprint density at radius 1 is 1.03 bits per heavy atom. The first-order chi connectivity index (χ1) is 14.8. The van der Waals surface area contributed by atoms with Crippen LogP contribution in [0.25, 0.3) is 11.2 Å². The summed E-state index contributed by atoms with van der Waals surface area (Å²) < 4.78 is 17.9. The van der Waals surface area contributed by atoms with Crippen molar-refractivity contribution in [3.63, 3.8) is 0 Å². The molecule has 1 fully saturated rings. The quantitative estimate of drug-likeness (QED) is 0.555. The smallest absolute Gasteiger partial charge is 0.183 e. The lowest BCUT2D eigenvalue weighted by Crippen LogP contribution is -2.39. The van der Waals surface area contributed by atoms with Gasteiger partial charge in [0.1, 0.15) is 17.8 Å². The van der Waals surface area contributed by atoms with Crippen LogP contribution >= 0.6 is 0 Å². The highest BCUT2D eigenvalue weighted by atomic mass is 16.5. The Labute approximate surface area is 175 Å². The average Bonchev–Trinajstić information content (AvgIpc) is 3.22. The number of aryl methyl sites for hydroxylation is 2. The number of nitrogens with zero attached hydrogens (tertiary/aromatic N) is 6. The molecule has 0 saturated carbocycles. The van der Waals surface area contributed by atoms with E-state index in [1.54, 1.807) is 25.2 Å². The van der Waals surface area contributed by atoms with Crippen molar-refractivity contribution in [3.05, 3.63) is 30.1 Å². The molecule has 0 aliphatic carbocycles. The summed E-state index contributed by atoms with van der Waals surface area (Å²) in [7, 11) is 3.29. The molecule has 0 spiro atoms. The highest BCUT2D eigenvalue weighted by Crippen LogP contribution is 2.23. The lowest BCUT2D eigenvalue weighted by molar-refractivity contribution is 0.0398. The fraction of sp³-hybridized carbons (Fsp3) is 0.500. The molecule has 1 aliphatic rings. The Balaban J connectivity index is 1.41. The van der Waals surface area contributed by atoms with Crippen molar-refractivity contribution in [1.29, 1.82) is 0 Å². The molecule has 30 heavy (non-hydrogen) atoms. The van der Waals surface area contributed by atoms with Crippen LogP contribution in [0, 0.1) is 0 Å². The summed E-state index contributed by atoms with van der Waals surface area (Å²) in [4.78, 5) is 11.1. The molecule has 1 N–H and O–H groups in total. The van der Waals surface area contributed by atoms with Gasteiger partial charge in [0.05, 0.1) is 27.4 Å². The summed E-state index contributed by atoms with van der Waals surface area (Å²) in [6, 6.07) is 5.85. The fourth-order valence-electron chi connectivity index (χ4n) is 3.47. The second kappa shape index (κ2) is 9.68. The van der Waals surface area contributed by atoms with Crippen LogP contribution < -0.4 is 14.8 Å². The highest BCUT2D eigenvalue weighted by molar-refractivity contribution is 5.81. The number of anilines is 1. The van der Waals surface area contributed by atoms with Gasteiger partial charge in [0.2, 0.25) is 0 Å². The Kier molecular flexibility index (Phi) is 6.55. The van der Waals surface area contributed by atoms with Crippen molar-refractivity contribution >= 4 is 17.0 Å². The minimum Gasteiger partial charge on any atom is -0.497 e. The highest BCUT2D eigenvalue weighted by Gasteiger charge is 2.13. The molecule has 160 valence electrons. The van der Waals surface area contributed by atoms with Crippen LogP contribution in [0.4, 0.5) is 5.82 Å². The van der Waals surface area contributed by atoms with Crippen LogP contribution in [0.5, 0.6) is 11.5 Å². The number of methoxy groups -OCH3 is 2. The molecule has 0 amide bonds. The van der Waals surface area contributed by atoms with Gasteiger partial charge in [-0.15, -0.1) is 5.10 Å². The van der Waals surface area contributed by atoms with Crippen LogP contribution in [0.15, 0.2) is 24.5 Å². The van der Waals surface area contributed by atoms with E-state index >= 15 is 0 Å². The van der Waals surface area contributed by atoms with Gasteiger partial charge in [-0.05, 0) is 24.1 Å². The van der Waals surface area contributed by atoms with E-state index in [9.17, 15) is 0 Å². The Morgan fingerprint density at radius 3 is 2.53 bits per heavy atom. The van der Waals surface area contributed by atoms with Gasteiger partial charge < -0.3 is 19.5 Å². The van der Waals surface area contributed by atoms with Crippen molar-refractivity contribution in [1.82, 2.24) is 29.9 Å². The second-order valence-electron chi connectivity index (χ2n) is 7.06. The first-order valence-electron chi connectivity index (χ1n) is 10.1. The molecule has 1 saturated heterocycles. The van der Waals surface area contributed by atoms with E-state index < -0.39 is 0 Å².